The molecule has 0 aliphatic carbocycles. The number of nitrogen functional groups attached to an aromatic ring is 1. The number of aliphatic hydroxyl groups is 1. The number of hydrogen-bond acceptors (Lipinski definition) is 6. The van der Waals surface area contributed by atoms with Crippen LogP contribution in [0, 0.1) is 17.7 Å². The number of fused-ring (bicyclic) bond motifs is 1. The van der Waals surface area contributed by atoms with Crippen LogP contribution in [-0.2, 0) is 7.05 Å². The number of nitrogens with zero attached hydrogens (tertiary/aromatic N) is 5. The summed E-state index contributed by atoms with van der Waals surface area (Å²) in [5.41, 5.74) is 6.59. The fourth-order valence-electron chi connectivity index (χ4n) is 3.31. The molecule has 8 heteroatoms. The summed E-state index contributed by atoms with van der Waals surface area (Å²) in [4.78, 5) is 15.3. The Morgan fingerprint density at radius 1 is 1.18 bits per heavy atom. The molecule has 0 bridgehead atoms. The van der Waals surface area contributed by atoms with Crippen LogP contribution in [0.5, 0.6) is 0 Å². The van der Waals surface area contributed by atoms with Crippen molar-refractivity contribution in [3.05, 3.63) is 35.9 Å². The number of benzene rings is 1. The molecule has 0 amide bonds. The van der Waals surface area contributed by atoms with Crippen molar-refractivity contribution in [3.8, 4) is 23.2 Å². The molecular weight excluding hydrogens is 359 g/mol. The molecule has 28 heavy (non-hydrogen) atoms. The summed E-state index contributed by atoms with van der Waals surface area (Å²) in [6, 6.07) is 6.17. The van der Waals surface area contributed by atoms with Crippen LogP contribution >= 0.6 is 0 Å². The first-order chi connectivity index (χ1) is 13.3. The zero-order chi connectivity index (χ0) is 19.9. The predicted molar refractivity (Wildman–Crippen MR) is 105 cm³/mol. The van der Waals surface area contributed by atoms with Crippen molar-refractivity contribution in [2.45, 2.75) is 18.4 Å². The van der Waals surface area contributed by atoms with E-state index in [9.17, 15) is 9.50 Å². The predicted octanol–water partition coefficient (Wildman–Crippen LogP) is 1.56. The van der Waals surface area contributed by atoms with Crippen molar-refractivity contribution >= 4 is 17.0 Å². The number of imidazole rings is 1. The lowest BCUT2D eigenvalue weighted by Crippen LogP contribution is -2.41. The van der Waals surface area contributed by atoms with Gasteiger partial charge in [-0.3, -0.25) is 0 Å². The van der Waals surface area contributed by atoms with Crippen LogP contribution in [0.1, 0.15) is 18.7 Å². The number of likely N-dealkylation sites (tertiary alicyclic amines) is 1. The standard InChI is InChI=1S/C20H21FN6O/c1-26-10-8-20(28,9-11-26)7-6-15-23-17(22)16-19(24-15)27(2)18(25-16)13-4-3-5-14(21)12-13/h3-5,12,28H,8-11H2,1-2H3,(H2,22,23,24). The Bertz CT molecular complexity index is 1110. The minimum atomic E-state index is -1.04. The molecule has 0 unspecified atom stereocenters. The van der Waals surface area contributed by atoms with E-state index in [1.807, 2.05) is 7.05 Å². The average Bonchev–Trinajstić information content (AvgIpc) is 3.00. The Labute approximate surface area is 162 Å². The maximum atomic E-state index is 13.6. The van der Waals surface area contributed by atoms with Gasteiger partial charge in [-0.15, -0.1) is 0 Å². The Morgan fingerprint density at radius 2 is 1.93 bits per heavy atom. The van der Waals surface area contributed by atoms with Gasteiger partial charge < -0.3 is 20.3 Å². The Hall–Kier alpha value is -3.02. The van der Waals surface area contributed by atoms with Crippen LogP contribution in [-0.4, -0.2) is 55.3 Å². The van der Waals surface area contributed by atoms with Crippen molar-refractivity contribution in [1.29, 1.82) is 0 Å². The second kappa shape index (κ2) is 6.86. The first kappa shape index (κ1) is 18.3. The fourth-order valence-corrected chi connectivity index (χ4v) is 3.31. The first-order valence-corrected chi connectivity index (χ1v) is 9.05. The summed E-state index contributed by atoms with van der Waals surface area (Å²) in [5, 5.41) is 10.6. The van der Waals surface area contributed by atoms with E-state index in [2.05, 4.69) is 31.7 Å². The van der Waals surface area contributed by atoms with Crippen LogP contribution < -0.4 is 5.73 Å². The molecule has 3 heterocycles. The van der Waals surface area contributed by atoms with Crippen LogP contribution in [0.4, 0.5) is 10.2 Å². The molecule has 7 nitrogen and oxygen atoms in total. The zero-order valence-electron chi connectivity index (χ0n) is 15.8. The highest BCUT2D eigenvalue weighted by atomic mass is 19.1. The molecule has 1 saturated heterocycles. The van der Waals surface area contributed by atoms with Gasteiger partial charge in [-0.1, -0.05) is 18.1 Å². The van der Waals surface area contributed by atoms with Crippen molar-refractivity contribution in [3.63, 3.8) is 0 Å². The number of halogens is 1. The minimum Gasteiger partial charge on any atom is -0.382 e. The lowest BCUT2D eigenvalue weighted by Gasteiger charge is -2.32. The lowest BCUT2D eigenvalue weighted by atomic mass is 9.92. The van der Waals surface area contributed by atoms with Gasteiger partial charge in [0.1, 0.15) is 17.2 Å². The second-order valence-electron chi connectivity index (χ2n) is 7.19. The molecule has 0 atom stereocenters. The van der Waals surface area contributed by atoms with Gasteiger partial charge in [-0.2, -0.15) is 0 Å². The van der Waals surface area contributed by atoms with Gasteiger partial charge in [0, 0.05) is 38.5 Å². The van der Waals surface area contributed by atoms with Crippen molar-refractivity contribution in [2.24, 2.45) is 7.05 Å². The van der Waals surface area contributed by atoms with E-state index in [-0.39, 0.29) is 17.5 Å². The highest BCUT2D eigenvalue weighted by molar-refractivity contribution is 5.85. The number of aryl methyl sites for hydroxylation is 1. The summed E-state index contributed by atoms with van der Waals surface area (Å²) in [7, 11) is 3.80. The van der Waals surface area contributed by atoms with Gasteiger partial charge >= 0.3 is 0 Å². The molecule has 1 aliphatic heterocycles. The SMILES string of the molecule is CN1CCC(O)(C#Cc2nc(N)c3nc(-c4cccc(F)c4)n(C)c3n2)CC1. The normalized spacial score (nSPS) is 16.7. The van der Waals surface area contributed by atoms with E-state index in [4.69, 9.17) is 5.73 Å². The molecular formula is C20H21FN6O. The van der Waals surface area contributed by atoms with Crippen molar-refractivity contribution in [2.75, 3.05) is 25.9 Å². The summed E-state index contributed by atoms with van der Waals surface area (Å²) in [5.74, 6) is 6.39. The van der Waals surface area contributed by atoms with Crippen LogP contribution in [0.25, 0.3) is 22.6 Å². The topological polar surface area (TPSA) is 93.1 Å². The van der Waals surface area contributed by atoms with Gasteiger partial charge in [-0.05, 0) is 25.1 Å². The lowest BCUT2D eigenvalue weighted by molar-refractivity contribution is 0.0350. The minimum absolute atomic E-state index is 0.197. The van der Waals surface area contributed by atoms with Crippen molar-refractivity contribution in [1.82, 2.24) is 24.4 Å². The summed E-state index contributed by atoms with van der Waals surface area (Å²) in [6.45, 7) is 1.57. The molecule has 1 fully saturated rings. The number of anilines is 1. The number of rotatable bonds is 1. The summed E-state index contributed by atoms with van der Waals surface area (Å²) < 4.78 is 15.3. The first-order valence-electron chi connectivity index (χ1n) is 9.05. The van der Waals surface area contributed by atoms with Gasteiger partial charge in [0.15, 0.2) is 17.0 Å². The third kappa shape index (κ3) is 3.42. The maximum absolute atomic E-state index is 13.6. The zero-order valence-corrected chi connectivity index (χ0v) is 15.8. The molecule has 0 saturated carbocycles. The molecule has 0 spiro atoms. The summed E-state index contributed by atoms with van der Waals surface area (Å²) >= 11 is 0. The second-order valence-corrected chi connectivity index (χ2v) is 7.19. The highest BCUT2D eigenvalue weighted by Gasteiger charge is 2.29. The molecule has 3 aromatic rings. The van der Waals surface area contributed by atoms with Crippen molar-refractivity contribution < 1.29 is 9.50 Å². The van der Waals surface area contributed by atoms with Gasteiger partial charge in [0.2, 0.25) is 5.82 Å². The Balaban J connectivity index is 1.73. The van der Waals surface area contributed by atoms with Crippen LogP contribution in [0.3, 0.4) is 0 Å². The molecule has 3 N–H and O–H groups in total. The third-order valence-electron chi connectivity index (χ3n) is 5.05. The molecule has 1 aliphatic rings. The molecule has 144 valence electrons. The smallest absolute Gasteiger partial charge is 0.209 e. The van der Waals surface area contributed by atoms with Gasteiger partial charge in [-0.25, -0.2) is 19.3 Å². The summed E-state index contributed by atoms with van der Waals surface area (Å²) in [6.07, 6.45) is 1.15. The number of nitrogens with two attached hydrogens (primary N) is 1. The Kier molecular flexibility index (Phi) is 4.49. The van der Waals surface area contributed by atoms with E-state index in [0.29, 0.717) is 35.4 Å². The van der Waals surface area contributed by atoms with E-state index >= 15 is 0 Å². The van der Waals surface area contributed by atoms with E-state index in [1.165, 1.54) is 12.1 Å². The number of piperidine rings is 1. The Morgan fingerprint density at radius 3 is 2.64 bits per heavy atom. The molecule has 2 aromatic heterocycles. The maximum Gasteiger partial charge on any atom is 0.209 e. The van der Waals surface area contributed by atoms with E-state index in [1.54, 1.807) is 23.7 Å². The molecule has 1 aromatic carbocycles. The highest BCUT2D eigenvalue weighted by Crippen LogP contribution is 2.26. The number of aromatic nitrogens is 4. The van der Waals surface area contributed by atoms with Gasteiger partial charge in [0.25, 0.3) is 0 Å². The monoisotopic (exact) mass is 380 g/mol. The molecule has 4 rings (SSSR count). The third-order valence-corrected chi connectivity index (χ3v) is 5.05. The quantitative estimate of drug-likeness (QED) is 0.623. The van der Waals surface area contributed by atoms with E-state index in [0.717, 1.165) is 13.1 Å². The van der Waals surface area contributed by atoms with Gasteiger partial charge in [0.05, 0.1) is 0 Å². The van der Waals surface area contributed by atoms with Crippen LogP contribution in [0.15, 0.2) is 24.3 Å². The fraction of sp³-hybridized carbons (Fsp3) is 0.350. The largest absolute Gasteiger partial charge is 0.382 e. The van der Waals surface area contributed by atoms with E-state index < -0.39 is 5.60 Å². The molecule has 0 radical (unpaired) electrons. The average molecular weight is 380 g/mol. The van der Waals surface area contributed by atoms with Crippen LogP contribution in [0.2, 0.25) is 0 Å². The number of hydrogen-bond donors (Lipinski definition) is 2.